The molecule has 1 heterocycles. The number of cyclic esters (lactones) is 1. The van der Waals surface area contributed by atoms with Crippen molar-refractivity contribution in [3.8, 4) is 0 Å². The molecule has 6 heteroatoms. The van der Waals surface area contributed by atoms with Gasteiger partial charge in [0.25, 0.3) is 0 Å². The molecule has 2 atom stereocenters. The Bertz CT molecular complexity index is 702. The Morgan fingerprint density at radius 1 is 1.05 bits per heavy atom. The zero-order valence-electron chi connectivity index (χ0n) is 11.3. The molecule has 22 heavy (non-hydrogen) atoms. The second-order valence-corrected chi connectivity index (χ2v) is 4.84. The molecule has 0 aliphatic carbocycles. The predicted octanol–water partition coefficient (Wildman–Crippen LogP) is 3.10. The summed E-state index contributed by atoms with van der Waals surface area (Å²) in [6.45, 7) is 0. The number of hydrogen-bond donors (Lipinski definition) is 1. The lowest BCUT2D eigenvalue weighted by atomic mass is 10.1. The molecule has 1 amide bonds. The molecule has 1 N–H and O–H groups in total. The summed E-state index contributed by atoms with van der Waals surface area (Å²) in [7, 11) is 0. The Morgan fingerprint density at radius 2 is 1.68 bits per heavy atom. The molecular formula is C16H12FNO4. The first-order chi connectivity index (χ1) is 10.6. The first-order valence-electron chi connectivity index (χ1n) is 6.60. The number of nitrogens with zero attached hydrogens (tertiary/aromatic N) is 1. The average Bonchev–Trinajstić information content (AvgIpc) is 2.87. The largest absolute Gasteiger partial charge is 0.465 e. The third kappa shape index (κ3) is 2.39. The summed E-state index contributed by atoms with van der Waals surface area (Å²) in [5, 5.41) is 9.47. The van der Waals surface area contributed by atoms with Crippen LogP contribution in [0.5, 0.6) is 0 Å². The van der Waals surface area contributed by atoms with Gasteiger partial charge in [-0.2, -0.15) is 0 Å². The fourth-order valence-corrected chi connectivity index (χ4v) is 2.48. The number of carboxylic acid groups (broad SMARTS) is 1. The predicted molar refractivity (Wildman–Crippen MR) is 74.3 cm³/mol. The van der Waals surface area contributed by atoms with Crippen LogP contribution in [-0.4, -0.2) is 22.1 Å². The highest BCUT2D eigenvalue weighted by Crippen LogP contribution is 2.39. The van der Waals surface area contributed by atoms with Gasteiger partial charge in [-0.3, -0.25) is 0 Å². The van der Waals surface area contributed by atoms with E-state index in [1.54, 1.807) is 30.3 Å². The van der Waals surface area contributed by atoms with Gasteiger partial charge in [-0.15, -0.1) is 0 Å². The second-order valence-electron chi connectivity index (χ2n) is 4.84. The van der Waals surface area contributed by atoms with Gasteiger partial charge in [0, 0.05) is 5.56 Å². The number of carbonyl (C=O) groups excluding carboxylic acids is 1. The van der Waals surface area contributed by atoms with Gasteiger partial charge in [0.2, 0.25) is 6.23 Å². The number of benzene rings is 2. The molecule has 0 bridgehead atoms. The van der Waals surface area contributed by atoms with Crippen LogP contribution in [0.1, 0.15) is 23.4 Å². The van der Waals surface area contributed by atoms with Gasteiger partial charge in [-0.1, -0.05) is 42.5 Å². The SMILES string of the molecule is O=C1OC(c2ccccc2)N(C(=O)O)C1c1ccc(F)cc1. The molecule has 1 aliphatic rings. The van der Waals surface area contributed by atoms with Crippen molar-refractivity contribution in [2.45, 2.75) is 12.3 Å². The second kappa shape index (κ2) is 5.48. The molecule has 0 spiro atoms. The highest BCUT2D eigenvalue weighted by atomic mass is 19.1. The van der Waals surface area contributed by atoms with Crippen LogP contribution >= 0.6 is 0 Å². The number of ether oxygens (including phenoxy) is 1. The Hall–Kier alpha value is -2.89. The highest BCUT2D eigenvalue weighted by molar-refractivity contribution is 5.85. The van der Waals surface area contributed by atoms with E-state index in [1.165, 1.54) is 24.3 Å². The standard InChI is InChI=1S/C16H12FNO4/c17-12-8-6-10(7-9-12)13-15(19)22-14(18(13)16(20)21)11-4-2-1-3-5-11/h1-9,13-14H,(H,20,21). The fraction of sp³-hybridized carbons (Fsp3) is 0.125. The van der Waals surface area contributed by atoms with E-state index in [4.69, 9.17) is 4.74 Å². The summed E-state index contributed by atoms with van der Waals surface area (Å²) in [4.78, 5) is 24.7. The number of hydrogen-bond acceptors (Lipinski definition) is 3. The topological polar surface area (TPSA) is 66.8 Å². The van der Waals surface area contributed by atoms with Crippen LogP contribution in [0, 0.1) is 5.82 Å². The van der Waals surface area contributed by atoms with E-state index in [0.29, 0.717) is 11.1 Å². The van der Waals surface area contributed by atoms with E-state index < -0.39 is 30.1 Å². The van der Waals surface area contributed by atoms with Crippen molar-refractivity contribution in [2.24, 2.45) is 0 Å². The van der Waals surface area contributed by atoms with E-state index in [2.05, 4.69) is 0 Å². The van der Waals surface area contributed by atoms with Gasteiger partial charge >= 0.3 is 12.1 Å². The van der Waals surface area contributed by atoms with Crippen molar-refractivity contribution < 1.29 is 23.8 Å². The van der Waals surface area contributed by atoms with E-state index in [9.17, 15) is 19.1 Å². The summed E-state index contributed by atoms with van der Waals surface area (Å²) in [6, 6.07) is 12.6. The molecular weight excluding hydrogens is 289 g/mol. The molecule has 3 rings (SSSR count). The van der Waals surface area contributed by atoms with Gasteiger partial charge in [0.05, 0.1) is 0 Å². The Kier molecular flexibility index (Phi) is 3.50. The lowest BCUT2D eigenvalue weighted by Gasteiger charge is -2.23. The minimum atomic E-state index is -1.28. The van der Waals surface area contributed by atoms with E-state index >= 15 is 0 Å². The Labute approximate surface area is 125 Å². The normalized spacial score (nSPS) is 20.8. The number of amides is 1. The molecule has 112 valence electrons. The van der Waals surface area contributed by atoms with Gasteiger partial charge in [0.15, 0.2) is 6.04 Å². The van der Waals surface area contributed by atoms with Crippen molar-refractivity contribution >= 4 is 12.1 Å². The van der Waals surface area contributed by atoms with Gasteiger partial charge in [0.1, 0.15) is 5.82 Å². The molecule has 2 unspecified atom stereocenters. The maximum absolute atomic E-state index is 13.0. The van der Waals surface area contributed by atoms with Crippen LogP contribution in [0.15, 0.2) is 54.6 Å². The number of esters is 1. The number of carbonyl (C=O) groups is 2. The summed E-state index contributed by atoms with van der Waals surface area (Å²) < 4.78 is 18.3. The van der Waals surface area contributed by atoms with Crippen LogP contribution in [0.2, 0.25) is 0 Å². The molecule has 0 radical (unpaired) electrons. The Balaban J connectivity index is 2.01. The lowest BCUT2D eigenvalue weighted by molar-refractivity contribution is -0.143. The minimum Gasteiger partial charge on any atom is -0.465 e. The van der Waals surface area contributed by atoms with Crippen LogP contribution in [0.3, 0.4) is 0 Å². The zero-order valence-corrected chi connectivity index (χ0v) is 11.3. The third-order valence-corrected chi connectivity index (χ3v) is 3.47. The molecule has 1 saturated heterocycles. The van der Waals surface area contributed by atoms with Crippen LogP contribution in [-0.2, 0) is 9.53 Å². The maximum Gasteiger partial charge on any atom is 0.411 e. The smallest absolute Gasteiger partial charge is 0.411 e. The van der Waals surface area contributed by atoms with Crippen molar-refractivity contribution in [1.82, 2.24) is 4.90 Å². The van der Waals surface area contributed by atoms with Crippen molar-refractivity contribution in [3.63, 3.8) is 0 Å². The first kappa shape index (κ1) is 14.1. The summed E-state index contributed by atoms with van der Waals surface area (Å²) in [6.07, 6.45) is -2.30. The van der Waals surface area contributed by atoms with E-state index in [1.807, 2.05) is 0 Å². The summed E-state index contributed by atoms with van der Waals surface area (Å²) in [5.41, 5.74) is 0.926. The van der Waals surface area contributed by atoms with Crippen molar-refractivity contribution in [3.05, 3.63) is 71.5 Å². The number of rotatable bonds is 2. The van der Waals surface area contributed by atoms with Gasteiger partial charge in [-0.05, 0) is 17.7 Å². The molecule has 0 saturated carbocycles. The van der Waals surface area contributed by atoms with Crippen LogP contribution < -0.4 is 0 Å². The minimum absolute atomic E-state index is 0.368. The quantitative estimate of drug-likeness (QED) is 0.866. The van der Waals surface area contributed by atoms with E-state index in [-0.39, 0.29) is 0 Å². The van der Waals surface area contributed by atoms with Crippen LogP contribution in [0.25, 0.3) is 0 Å². The summed E-state index contributed by atoms with van der Waals surface area (Å²) >= 11 is 0. The Morgan fingerprint density at radius 3 is 2.27 bits per heavy atom. The molecule has 5 nitrogen and oxygen atoms in total. The lowest BCUT2D eigenvalue weighted by Crippen LogP contribution is -2.32. The zero-order chi connectivity index (χ0) is 15.7. The van der Waals surface area contributed by atoms with Crippen molar-refractivity contribution in [2.75, 3.05) is 0 Å². The molecule has 0 aromatic heterocycles. The van der Waals surface area contributed by atoms with E-state index in [0.717, 1.165) is 4.90 Å². The monoisotopic (exact) mass is 301 g/mol. The van der Waals surface area contributed by atoms with Crippen molar-refractivity contribution in [1.29, 1.82) is 0 Å². The molecule has 1 fully saturated rings. The fourth-order valence-electron chi connectivity index (χ4n) is 2.48. The summed E-state index contributed by atoms with van der Waals surface area (Å²) in [5.74, 6) is -1.14. The molecule has 1 aliphatic heterocycles. The maximum atomic E-state index is 13.0. The highest BCUT2D eigenvalue weighted by Gasteiger charge is 2.46. The number of halogens is 1. The average molecular weight is 301 g/mol. The van der Waals surface area contributed by atoms with Gasteiger partial charge in [-0.25, -0.2) is 18.9 Å². The third-order valence-electron chi connectivity index (χ3n) is 3.47. The van der Waals surface area contributed by atoms with Gasteiger partial charge < -0.3 is 9.84 Å². The first-order valence-corrected chi connectivity index (χ1v) is 6.60. The molecule has 2 aromatic rings. The van der Waals surface area contributed by atoms with Crippen LogP contribution in [0.4, 0.5) is 9.18 Å². The molecule has 2 aromatic carbocycles.